The second-order valence-electron chi connectivity index (χ2n) is 3.73. The van der Waals surface area contributed by atoms with Crippen LogP contribution in [0.5, 0.6) is 5.75 Å². The minimum absolute atomic E-state index is 0.320. The molecule has 0 unspecified atom stereocenters. The van der Waals surface area contributed by atoms with Crippen LogP contribution in [0.1, 0.15) is 30.5 Å². The Balaban J connectivity index is 2.92. The zero-order valence-corrected chi connectivity index (χ0v) is 9.53. The first-order valence-corrected chi connectivity index (χ1v) is 5.18. The predicted octanol–water partition coefficient (Wildman–Crippen LogP) is 1.77. The molecule has 3 N–H and O–H groups in total. The molecule has 1 aromatic rings. The van der Waals surface area contributed by atoms with Crippen LogP contribution in [0.4, 0.5) is 0 Å². The maximum absolute atomic E-state index is 9.64. The van der Waals surface area contributed by atoms with E-state index in [1.54, 1.807) is 7.11 Å². The van der Waals surface area contributed by atoms with Gasteiger partial charge in [-0.05, 0) is 30.5 Å². The van der Waals surface area contributed by atoms with Crippen molar-refractivity contribution in [1.82, 2.24) is 0 Å². The monoisotopic (exact) mass is 209 g/mol. The lowest BCUT2D eigenvalue weighted by atomic mass is 9.99. The maximum Gasteiger partial charge on any atom is 0.121 e. The van der Waals surface area contributed by atoms with E-state index in [0.717, 1.165) is 16.9 Å². The third-order valence-electron chi connectivity index (χ3n) is 2.64. The number of aliphatic hydroxyl groups is 1. The fourth-order valence-electron chi connectivity index (χ4n) is 1.59. The largest absolute Gasteiger partial charge is 0.496 e. The zero-order valence-electron chi connectivity index (χ0n) is 9.53. The lowest BCUT2D eigenvalue weighted by molar-refractivity contribution is 0.140. The van der Waals surface area contributed by atoms with Gasteiger partial charge in [-0.25, -0.2) is 0 Å². The molecule has 15 heavy (non-hydrogen) atoms. The van der Waals surface area contributed by atoms with Crippen molar-refractivity contribution < 1.29 is 9.84 Å². The molecule has 0 fully saturated rings. The molecule has 3 nitrogen and oxygen atoms in total. The molecule has 0 saturated heterocycles. The summed E-state index contributed by atoms with van der Waals surface area (Å²) in [5.41, 5.74) is 7.90. The second-order valence-corrected chi connectivity index (χ2v) is 3.73. The van der Waals surface area contributed by atoms with Gasteiger partial charge in [0.15, 0.2) is 0 Å². The summed E-state index contributed by atoms with van der Waals surface area (Å²) in [4.78, 5) is 0. The number of hydrogen-bond donors (Lipinski definition) is 2. The zero-order chi connectivity index (χ0) is 11.4. The summed E-state index contributed by atoms with van der Waals surface area (Å²) >= 11 is 0. The summed E-state index contributed by atoms with van der Waals surface area (Å²) in [6, 6.07) is 5.42. The molecule has 1 rings (SSSR count). The number of methoxy groups -OCH3 is 1. The third kappa shape index (κ3) is 2.70. The van der Waals surface area contributed by atoms with Crippen molar-refractivity contribution >= 4 is 0 Å². The van der Waals surface area contributed by atoms with Gasteiger partial charge in [-0.3, -0.25) is 0 Å². The van der Waals surface area contributed by atoms with Gasteiger partial charge in [0.1, 0.15) is 5.75 Å². The highest BCUT2D eigenvalue weighted by Gasteiger charge is 2.15. The Morgan fingerprint density at radius 1 is 1.47 bits per heavy atom. The first-order valence-electron chi connectivity index (χ1n) is 5.18. The average Bonchev–Trinajstić information content (AvgIpc) is 2.26. The molecule has 0 spiro atoms. The van der Waals surface area contributed by atoms with Crippen molar-refractivity contribution in [1.29, 1.82) is 0 Å². The molecule has 84 valence electrons. The van der Waals surface area contributed by atoms with Crippen molar-refractivity contribution in [2.24, 2.45) is 5.73 Å². The topological polar surface area (TPSA) is 55.5 Å². The molecule has 0 aliphatic carbocycles. The first-order chi connectivity index (χ1) is 7.10. The molecule has 0 aliphatic rings. The lowest BCUT2D eigenvalue weighted by Crippen LogP contribution is -2.25. The van der Waals surface area contributed by atoms with Gasteiger partial charge < -0.3 is 15.6 Å². The minimum atomic E-state index is -0.488. The van der Waals surface area contributed by atoms with E-state index in [4.69, 9.17) is 10.5 Å². The predicted molar refractivity (Wildman–Crippen MR) is 61.0 cm³/mol. The molecule has 0 saturated carbocycles. The van der Waals surface area contributed by atoms with Crippen LogP contribution in [0.15, 0.2) is 18.2 Å². The number of aryl methyl sites for hydroxylation is 1. The van der Waals surface area contributed by atoms with Crippen molar-refractivity contribution in [3.63, 3.8) is 0 Å². The average molecular weight is 209 g/mol. The second kappa shape index (κ2) is 5.14. The molecule has 3 heteroatoms. The van der Waals surface area contributed by atoms with Crippen molar-refractivity contribution in [3.8, 4) is 5.75 Å². The molecule has 0 amide bonds. The Hall–Kier alpha value is -1.06. The Kier molecular flexibility index (Phi) is 4.12. The van der Waals surface area contributed by atoms with Crippen LogP contribution < -0.4 is 10.5 Å². The van der Waals surface area contributed by atoms with Gasteiger partial charge in [0.2, 0.25) is 0 Å². The maximum atomic E-state index is 9.64. The molecule has 0 radical (unpaired) electrons. The number of rotatable bonds is 4. The van der Waals surface area contributed by atoms with E-state index in [-0.39, 0.29) is 6.04 Å². The highest BCUT2D eigenvalue weighted by atomic mass is 16.5. The summed E-state index contributed by atoms with van der Waals surface area (Å²) < 4.78 is 5.16. The highest BCUT2D eigenvalue weighted by molar-refractivity contribution is 5.37. The SMILES string of the molecule is CC[C@H](O)[C@H](N)c1ccc(OC)c(C)c1. The van der Waals surface area contributed by atoms with Crippen LogP contribution in [-0.4, -0.2) is 18.3 Å². The fraction of sp³-hybridized carbons (Fsp3) is 0.500. The fourth-order valence-corrected chi connectivity index (χ4v) is 1.59. The van der Waals surface area contributed by atoms with Crippen molar-refractivity contribution in [2.75, 3.05) is 7.11 Å². The van der Waals surface area contributed by atoms with Crippen LogP contribution >= 0.6 is 0 Å². The number of hydrogen-bond acceptors (Lipinski definition) is 3. The Morgan fingerprint density at radius 3 is 2.60 bits per heavy atom. The van der Waals surface area contributed by atoms with Crippen LogP contribution in [-0.2, 0) is 0 Å². The first kappa shape index (κ1) is 12.0. The smallest absolute Gasteiger partial charge is 0.121 e. The van der Waals surface area contributed by atoms with Crippen LogP contribution in [0.25, 0.3) is 0 Å². The van der Waals surface area contributed by atoms with Gasteiger partial charge in [0.05, 0.1) is 19.3 Å². The molecular formula is C12H19NO2. The summed E-state index contributed by atoms with van der Waals surface area (Å²) in [6.45, 7) is 3.88. The summed E-state index contributed by atoms with van der Waals surface area (Å²) in [6.07, 6.45) is 0.171. The van der Waals surface area contributed by atoms with Crippen molar-refractivity contribution in [2.45, 2.75) is 32.4 Å². The third-order valence-corrected chi connectivity index (χ3v) is 2.64. The van der Waals surface area contributed by atoms with E-state index >= 15 is 0 Å². The van der Waals surface area contributed by atoms with Crippen LogP contribution in [0, 0.1) is 6.92 Å². The number of aliphatic hydroxyl groups excluding tert-OH is 1. The van der Waals surface area contributed by atoms with E-state index < -0.39 is 6.10 Å². The molecule has 0 aromatic heterocycles. The normalized spacial score (nSPS) is 14.7. The van der Waals surface area contributed by atoms with Gasteiger partial charge in [0.25, 0.3) is 0 Å². The molecule has 0 bridgehead atoms. The van der Waals surface area contributed by atoms with E-state index in [9.17, 15) is 5.11 Å². The van der Waals surface area contributed by atoms with Gasteiger partial charge in [0, 0.05) is 0 Å². The van der Waals surface area contributed by atoms with E-state index in [0.29, 0.717) is 6.42 Å². The number of benzene rings is 1. The summed E-state index contributed by atoms with van der Waals surface area (Å²) in [5, 5.41) is 9.64. The van der Waals surface area contributed by atoms with E-state index in [1.165, 1.54) is 0 Å². The van der Waals surface area contributed by atoms with Crippen LogP contribution in [0.3, 0.4) is 0 Å². The molecular weight excluding hydrogens is 190 g/mol. The summed E-state index contributed by atoms with van der Waals surface area (Å²) in [7, 11) is 1.64. The quantitative estimate of drug-likeness (QED) is 0.794. The molecule has 0 heterocycles. The van der Waals surface area contributed by atoms with Crippen LogP contribution in [0.2, 0.25) is 0 Å². The standard InChI is InChI=1S/C12H19NO2/c1-4-10(14)12(13)9-5-6-11(15-3)8(2)7-9/h5-7,10,12,14H,4,13H2,1-3H3/t10-,12+/m0/s1. The Morgan fingerprint density at radius 2 is 2.13 bits per heavy atom. The van der Waals surface area contributed by atoms with Gasteiger partial charge >= 0.3 is 0 Å². The highest BCUT2D eigenvalue weighted by Crippen LogP contribution is 2.23. The Labute approximate surface area is 90.9 Å². The lowest BCUT2D eigenvalue weighted by Gasteiger charge is -2.18. The molecule has 1 aromatic carbocycles. The van der Waals surface area contributed by atoms with E-state index in [2.05, 4.69) is 0 Å². The van der Waals surface area contributed by atoms with Gasteiger partial charge in [-0.15, -0.1) is 0 Å². The molecule has 2 atom stereocenters. The number of ether oxygens (including phenoxy) is 1. The minimum Gasteiger partial charge on any atom is -0.496 e. The van der Waals surface area contributed by atoms with E-state index in [1.807, 2.05) is 32.0 Å². The molecule has 0 aliphatic heterocycles. The van der Waals surface area contributed by atoms with Crippen molar-refractivity contribution in [3.05, 3.63) is 29.3 Å². The van der Waals surface area contributed by atoms with Gasteiger partial charge in [-0.2, -0.15) is 0 Å². The van der Waals surface area contributed by atoms with Gasteiger partial charge in [-0.1, -0.05) is 19.1 Å². The Bertz CT molecular complexity index is 325. The summed E-state index contributed by atoms with van der Waals surface area (Å²) in [5.74, 6) is 0.844. The number of nitrogens with two attached hydrogens (primary N) is 1.